The first-order chi connectivity index (χ1) is 7.31. The number of halogens is 1. The second kappa shape index (κ2) is 5.00. The van der Waals surface area contributed by atoms with Gasteiger partial charge < -0.3 is 5.02 Å². The smallest absolute Gasteiger partial charge is 0.323 e. The molecule has 0 aliphatic carbocycles. The molecule has 0 bridgehead atoms. The van der Waals surface area contributed by atoms with Crippen molar-refractivity contribution in [3.8, 4) is 0 Å². The van der Waals surface area contributed by atoms with Crippen LogP contribution in [0.4, 0.5) is 4.39 Å². The second-order valence-corrected chi connectivity index (χ2v) is 5.56. The predicted molar refractivity (Wildman–Crippen MR) is 67.6 cm³/mol. The Kier molecular flexibility index (Phi) is 4.14. The van der Waals surface area contributed by atoms with Crippen LogP contribution in [-0.2, 0) is 6.42 Å². The summed E-state index contributed by atoms with van der Waals surface area (Å²) in [5.74, 6) is -0.248. The Hall–Kier alpha value is -0.825. The summed E-state index contributed by atoms with van der Waals surface area (Å²) < 4.78 is 13.9. The first-order valence-electron chi connectivity index (χ1n) is 5.76. The van der Waals surface area contributed by atoms with Crippen LogP contribution in [0.2, 0.25) is 6.82 Å². The summed E-state index contributed by atoms with van der Waals surface area (Å²) >= 11 is 0. The quantitative estimate of drug-likeness (QED) is 0.779. The van der Waals surface area contributed by atoms with Crippen LogP contribution in [0.25, 0.3) is 0 Å². The Bertz CT molecular complexity index is 355. The lowest BCUT2D eigenvalue weighted by atomic mass is 9.63. The molecule has 0 fully saturated rings. The number of hydrogen-bond acceptors (Lipinski definition) is 1. The molecule has 0 aliphatic heterocycles. The van der Waals surface area contributed by atoms with Crippen molar-refractivity contribution in [1.29, 1.82) is 0 Å². The van der Waals surface area contributed by atoms with E-state index in [1.807, 2.05) is 6.07 Å². The predicted octanol–water partition coefficient (Wildman–Crippen LogP) is 2.63. The third-order valence-electron chi connectivity index (χ3n) is 2.70. The molecule has 0 saturated carbocycles. The standard InChI is InChI=1S/C13H20BFO/c1-13(2,3)9-8-10-6-5-7-11(12(10)15)14(4)16/h5-7,16H,8-9H2,1-4H3. The van der Waals surface area contributed by atoms with Gasteiger partial charge in [-0.15, -0.1) is 0 Å². The van der Waals surface area contributed by atoms with E-state index in [1.165, 1.54) is 0 Å². The van der Waals surface area contributed by atoms with Gasteiger partial charge in [0.15, 0.2) is 0 Å². The molecule has 16 heavy (non-hydrogen) atoms. The first kappa shape index (κ1) is 13.2. The van der Waals surface area contributed by atoms with E-state index in [2.05, 4.69) is 20.8 Å². The average molecular weight is 222 g/mol. The fourth-order valence-corrected chi connectivity index (χ4v) is 1.63. The number of hydrogen-bond donors (Lipinski definition) is 1. The summed E-state index contributed by atoms with van der Waals surface area (Å²) in [6.07, 6.45) is 1.66. The van der Waals surface area contributed by atoms with Crippen LogP contribution in [0.1, 0.15) is 32.8 Å². The maximum Gasteiger partial charge on any atom is 0.323 e. The fourth-order valence-electron chi connectivity index (χ4n) is 1.63. The molecule has 3 heteroatoms. The van der Waals surface area contributed by atoms with Gasteiger partial charge in [0.2, 0.25) is 0 Å². The Morgan fingerprint density at radius 2 is 1.94 bits per heavy atom. The van der Waals surface area contributed by atoms with E-state index in [9.17, 15) is 9.41 Å². The minimum absolute atomic E-state index is 0.202. The summed E-state index contributed by atoms with van der Waals surface area (Å²) in [5, 5.41) is 9.42. The lowest BCUT2D eigenvalue weighted by Gasteiger charge is -2.18. The maximum atomic E-state index is 13.9. The van der Waals surface area contributed by atoms with Crippen molar-refractivity contribution < 1.29 is 9.41 Å². The lowest BCUT2D eigenvalue weighted by Crippen LogP contribution is -2.30. The van der Waals surface area contributed by atoms with Crippen LogP contribution < -0.4 is 5.46 Å². The van der Waals surface area contributed by atoms with Crippen LogP contribution in [-0.4, -0.2) is 11.9 Å². The van der Waals surface area contributed by atoms with Crippen molar-refractivity contribution in [3.05, 3.63) is 29.6 Å². The van der Waals surface area contributed by atoms with E-state index in [1.54, 1.807) is 19.0 Å². The monoisotopic (exact) mass is 222 g/mol. The van der Waals surface area contributed by atoms with Gasteiger partial charge in [-0.05, 0) is 29.3 Å². The summed E-state index contributed by atoms with van der Waals surface area (Å²) in [7, 11) is 0. The van der Waals surface area contributed by atoms with Gasteiger partial charge in [-0.1, -0.05) is 45.8 Å². The highest BCUT2D eigenvalue weighted by molar-refractivity contribution is 6.64. The van der Waals surface area contributed by atoms with E-state index in [0.29, 0.717) is 11.0 Å². The fraction of sp³-hybridized carbons (Fsp3) is 0.538. The van der Waals surface area contributed by atoms with Crippen LogP contribution in [0.15, 0.2) is 18.2 Å². The van der Waals surface area contributed by atoms with Gasteiger partial charge in [0.1, 0.15) is 5.82 Å². The maximum absolute atomic E-state index is 13.9. The molecule has 0 aliphatic rings. The van der Waals surface area contributed by atoms with Gasteiger partial charge in [-0.25, -0.2) is 4.39 Å². The highest BCUT2D eigenvalue weighted by atomic mass is 19.1. The molecule has 1 rings (SSSR count). The topological polar surface area (TPSA) is 20.2 Å². The summed E-state index contributed by atoms with van der Waals surface area (Å²) in [6.45, 7) is 7.27. The van der Waals surface area contributed by atoms with Crippen molar-refractivity contribution in [2.75, 3.05) is 0 Å². The zero-order valence-electron chi connectivity index (χ0n) is 10.5. The van der Waals surface area contributed by atoms with Gasteiger partial charge in [0, 0.05) is 0 Å². The van der Waals surface area contributed by atoms with Crippen molar-refractivity contribution in [3.63, 3.8) is 0 Å². The minimum atomic E-state index is -0.741. The SMILES string of the molecule is CB(O)c1cccc(CCC(C)(C)C)c1F. The van der Waals surface area contributed by atoms with Gasteiger partial charge in [-0.3, -0.25) is 0 Å². The second-order valence-electron chi connectivity index (χ2n) is 5.56. The highest BCUT2D eigenvalue weighted by Gasteiger charge is 2.17. The van der Waals surface area contributed by atoms with Gasteiger partial charge >= 0.3 is 6.92 Å². The number of aryl methyl sites for hydroxylation is 1. The Morgan fingerprint density at radius 3 is 2.44 bits per heavy atom. The van der Waals surface area contributed by atoms with E-state index in [4.69, 9.17) is 0 Å². The molecule has 1 aromatic carbocycles. The van der Waals surface area contributed by atoms with Crippen LogP contribution in [0.3, 0.4) is 0 Å². The van der Waals surface area contributed by atoms with E-state index < -0.39 is 6.92 Å². The third-order valence-corrected chi connectivity index (χ3v) is 2.70. The number of benzene rings is 1. The molecule has 0 aromatic heterocycles. The zero-order valence-corrected chi connectivity index (χ0v) is 10.5. The van der Waals surface area contributed by atoms with Crippen LogP contribution in [0, 0.1) is 11.2 Å². The summed E-state index contributed by atoms with van der Waals surface area (Å²) in [4.78, 5) is 0. The van der Waals surface area contributed by atoms with Crippen molar-refractivity contribution in [2.24, 2.45) is 5.41 Å². The largest absolute Gasteiger partial charge is 0.446 e. The molecule has 0 spiro atoms. The Morgan fingerprint density at radius 1 is 1.31 bits per heavy atom. The molecule has 0 saturated heterocycles. The first-order valence-corrected chi connectivity index (χ1v) is 5.76. The normalized spacial score (nSPS) is 11.6. The van der Waals surface area contributed by atoms with E-state index in [-0.39, 0.29) is 11.2 Å². The third kappa shape index (κ3) is 3.64. The highest BCUT2D eigenvalue weighted by Crippen LogP contribution is 2.22. The molecule has 0 unspecified atom stereocenters. The molecular formula is C13H20BFO. The zero-order chi connectivity index (χ0) is 12.3. The Labute approximate surface area is 97.8 Å². The van der Waals surface area contributed by atoms with Gasteiger partial charge in [0.05, 0.1) is 0 Å². The van der Waals surface area contributed by atoms with Gasteiger partial charge in [-0.2, -0.15) is 0 Å². The van der Waals surface area contributed by atoms with Crippen molar-refractivity contribution in [2.45, 2.75) is 40.4 Å². The molecule has 1 N–H and O–H groups in total. The molecule has 1 nitrogen and oxygen atoms in total. The molecular weight excluding hydrogens is 202 g/mol. The summed E-state index contributed by atoms with van der Waals surface area (Å²) in [6, 6.07) is 5.25. The molecule has 0 heterocycles. The van der Waals surface area contributed by atoms with E-state index >= 15 is 0 Å². The van der Waals surface area contributed by atoms with Gasteiger partial charge in [0.25, 0.3) is 0 Å². The number of rotatable bonds is 3. The van der Waals surface area contributed by atoms with Crippen LogP contribution in [0.5, 0.6) is 0 Å². The minimum Gasteiger partial charge on any atom is -0.446 e. The Balaban J connectivity index is 2.85. The lowest BCUT2D eigenvalue weighted by molar-refractivity contribution is 0.375. The van der Waals surface area contributed by atoms with E-state index in [0.717, 1.165) is 12.8 Å². The molecule has 88 valence electrons. The molecule has 1 aromatic rings. The molecule has 0 amide bonds. The average Bonchev–Trinajstić information content (AvgIpc) is 2.14. The van der Waals surface area contributed by atoms with Crippen molar-refractivity contribution in [1.82, 2.24) is 0 Å². The van der Waals surface area contributed by atoms with Crippen LogP contribution >= 0.6 is 0 Å². The molecule has 0 atom stereocenters. The molecule has 0 radical (unpaired) electrons. The van der Waals surface area contributed by atoms with Crippen molar-refractivity contribution >= 4 is 12.4 Å². The summed E-state index contributed by atoms with van der Waals surface area (Å²) in [5.41, 5.74) is 1.30.